The standard InChI is InChI=1S/C14H16FN3O/c1-9-6-7-17-8-11(9)14(18-16)10-4-3-5-12(19-2)13(10)15/h3-8,14,18H,16H2,1-2H3. The lowest BCUT2D eigenvalue weighted by atomic mass is 9.96. The number of hydrogen-bond acceptors (Lipinski definition) is 4. The van der Waals surface area contributed by atoms with Crippen molar-refractivity contribution in [2.75, 3.05) is 7.11 Å². The van der Waals surface area contributed by atoms with Gasteiger partial charge in [-0.3, -0.25) is 10.8 Å². The van der Waals surface area contributed by atoms with E-state index < -0.39 is 11.9 Å². The lowest BCUT2D eigenvalue weighted by Crippen LogP contribution is -2.30. The maximum atomic E-state index is 14.3. The minimum atomic E-state index is -0.469. The number of halogens is 1. The first kappa shape index (κ1) is 13.5. The zero-order valence-corrected chi connectivity index (χ0v) is 10.9. The number of hydrazine groups is 1. The van der Waals surface area contributed by atoms with Crippen LogP contribution in [0.25, 0.3) is 0 Å². The molecule has 0 spiro atoms. The van der Waals surface area contributed by atoms with Crippen LogP contribution in [0.1, 0.15) is 22.7 Å². The summed E-state index contributed by atoms with van der Waals surface area (Å²) in [6, 6.07) is 6.37. The Labute approximate surface area is 111 Å². The van der Waals surface area contributed by atoms with Gasteiger partial charge in [-0.1, -0.05) is 12.1 Å². The molecule has 0 saturated heterocycles. The fraction of sp³-hybridized carbons (Fsp3) is 0.214. The third-order valence-electron chi connectivity index (χ3n) is 3.08. The van der Waals surface area contributed by atoms with Crippen molar-refractivity contribution in [3.8, 4) is 5.75 Å². The summed E-state index contributed by atoms with van der Waals surface area (Å²) in [6.45, 7) is 1.93. The Morgan fingerprint density at radius 3 is 2.74 bits per heavy atom. The Kier molecular flexibility index (Phi) is 4.09. The van der Waals surface area contributed by atoms with Crippen LogP contribution in [0.3, 0.4) is 0 Å². The fourth-order valence-corrected chi connectivity index (χ4v) is 2.03. The second-order valence-corrected chi connectivity index (χ2v) is 4.20. The molecule has 0 amide bonds. The molecule has 1 heterocycles. The number of rotatable bonds is 4. The van der Waals surface area contributed by atoms with Crippen molar-refractivity contribution >= 4 is 0 Å². The summed E-state index contributed by atoms with van der Waals surface area (Å²) in [6.07, 6.45) is 3.37. The highest BCUT2D eigenvalue weighted by atomic mass is 19.1. The van der Waals surface area contributed by atoms with Crippen molar-refractivity contribution in [3.05, 3.63) is 59.2 Å². The first-order chi connectivity index (χ1) is 9.19. The van der Waals surface area contributed by atoms with Crippen molar-refractivity contribution in [2.24, 2.45) is 5.84 Å². The number of nitrogens with two attached hydrogens (primary N) is 1. The van der Waals surface area contributed by atoms with Crippen LogP contribution in [0.2, 0.25) is 0 Å². The molecule has 0 radical (unpaired) electrons. The molecule has 0 saturated carbocycles. The van der Waals surface area contributed by atoms with E-state index >= 15 is 0 Å². The van der Waals surface area contributed by atoms with Crippen LogP contribution in [0.15, 0.2) is 36.7 Å². The van der Waals surface area contributed by atoms with Gasteiger partial charge in [0.15, 0.2) is 11.6 Å². The monoisotopic (exact) mass is 261 g/mol. The van der Waals surface area contributed by atoms with E-state index in [9.17, 15) is 4.39 Å². The molecule has 1 aromatic carbocycles. The molecule has 0 bridgehead atoms. The van der Waals surface area contributed by atoms with Crippen molar-refractivity contribution in [2.45, 2.75) is 13.0 Å². The molecular formula is C14H16FN3O. The van der Waals surface area contributed by atoms with Crippen molar-refractivity contribution in [3.63, 3.8) is 0 Å². The number of methoxy groups -OCH3 is 1. The highest BCUT2D eigenvalue weighted by molar-refractivity contribution is 5.39. The van der Waals surface area contributed by atoms with Gasteiger partial charge in [-0.25, -0.2) is 9.82 Å². The van der Waals surface area contributed by atoms with E-state index in [-0.39, 0.29) is 5.75 Å². The Morgan fingerprint density at radius 1 is 1.32 bits per heavy atom. The molecule has 4 nitrogen and oxygen atoms in total. The quantitative estimate of drug-likeness (QED) is 0.653. The van der Waals surface area contributed by atoms with E-state index in [1.165, 1.54) is 7.11 Å². The van der Waals surface area contributed by atoms with E-state index in [0.717, 1.165) is 11.1 Å². The van der Waals surface area contributed by atoms with Gasteiger partial charge in [0.1, 0.15) is 0 Å². The minimum Gasteiger partial charge on any atom is -0.494 e. The average Bonchev–Trinajstić information content (AvgIpc) is 2.43. The number of ether oxygens (including phenoxy) is 1. The highest BCUT2D eigenvalue weighted by Crippen LogP contribution is 2.29. The molecule has 19 heavy (non-hydrogen) atoms. The van der Waals surface area contributed by atoms with Crippen LogP contribution < -0.4 is 16.0 Å². The molecule has 2 aromatic rings. The summed E-state index contributed by atoms with van der Waals surface area (Å²) < 4.78 is 19.3. The molecule has 3 N–H and O–H groups in total. The van der Waals surface area contributed by atoms with E-state index in [0.29, 0.717) is 5.56 Å². The number of nitrogens with one attached hydrogen (secondary N) is 1. The SMILES string of the molecule is COc1cccc(C(NN)c2cnccc2C)c1F. The fourth-order valence-electron chi connectivity index (χ4n) is 2.03. The molecule has 0 aliphatic rings. The number of hydrogen-bond donors (Lipinski definition) is 2. The predicted octanol–water partition coefficient (Wildman–Crippen LogP) is 2.09. The van der Waals surface area contributed by atoms with Crippen LogP contribution in [0.4, 0.5) is 4.39 Å². The first-order valence-electron chi connectivity index (χ1n) is 5.88. The minimum absolute atomic E-state index is 0.194. The summed E-state index contributed by atoms with van der Waals surface area (Å²) in [5, 5.41) is 0. The molecule has 2 rings (SSSR count). The highest BCUT2D eigenvalue weighted by Gasteiger charge is 2.20. The molecule has 1 aromatic heterocycles. The topological polar surface area (TPSA) is 60.2 Å². The number of benzene rings is 1. The second kappa shape index (κ2) is 5.77. The number of nitrogens with zero attached hydrogens (tertiary/aromatic N) is 1. The number of pyridine rings is 1. The third-order valence-corrected chi connectivity index (χ3v) is 3.08. The molecule has 1 unspecified atom stereocenters. The maximum Gasteiger partial charge on any atom is 0.170 e. The van der Waals surface area contributed by atoms with Gasteiger partial charge in [0.25, 0.3) is 0 Å². The molecule has 100 valence electrons. The molecule has 5 heteroatoms. The summed E-state index contributed by atoms with van der Waals surface area (Å²) in [5.74, 6) is 5.35. The summed E-state index contributed by atoms with van der Waals surface area (Å²) in [7, 11) is 1.43. The van der Waals surface area contributed by atoms with Crippen LogP contribution >= 0.6 is 0 Å². The Bertz CT molecular complexity index is 574. The van der Waals surface area contributed by atoms with E-state index in [1.54, 1.807) is 30.6 Å². The predicted molar refractivity (Wildman–Crippen MR) is 71.1 cm³/mol. The number of aryl methyl sites for hydroxylation is 1. The van der Waals surface area contributed by atoms with Crippen LogP contribution in [0, 0.1) is 12.7 Å². The normalized spacial score (nSPS) is 12.2. The summed E-state index contributed by atoms with van der Waals surface area (Å²) in [5.41, 5.74) is 4.88. The second-order valence-electron chi connectivity index (χ2n) is 4.20. The molecule has 0 fully saturated rings. The molecule has 1 atom stereocenters. The zero-order chi connectivity index (χ0) is 13.8. The Hall–Kier alpha value is -1.98. The Balaban J connectivity index is 2.52. The van der Waals surface area contributed by atoms with Crippen molar-refractivity contribution in [1.82, 2.24) is 10.4 Å². The van der Waals surface area contributed by atoms with Gasteiger partial charge in [0, 0.05) is 18.0 Å². The van der Waals surface area contributed by atoms with Crippen LogP contribution in [-0.4, -0.2) is 12.1 Å². The van der Waals surface area contributed by atoms with E-state index in [2.05, 4.69) is 10.4 Å². The van der Waals surface area contributed by atoms with Gasteiger partial charge >= 0.3 is 0 Å². The average molecular weight is 261 g/mol. The lowest BCUT2D eigenvalue weighted by molar-refractivity contribution is 0.381. The van der Waals surface area contributed by atoms with Gasteiger partial charge in [0.05, 0.1) is 13.2 Å². The Morgan fingerprint density at radius 2 is 2.11 bits per heavy atom. The third kappa shape index (κ3) is 2.57. The largest absolute Gasteiger partial charge is 0.494 e. The molecule has 0 aliphatic heterocycles. The van der Waals surface area contributed by atoms with Gasteiger partial charge in [-0.2, -0.15) is 0 Å². The van der Waals surface area contributed by atoms with Gasteiger partial charge in [-0.15, -0.1) is 0 Å². The van der Waals surface area contributed by atoms with Crippen molar-refractivity contribution in [1.29, 1.82) is 0 Å². The smallest absolute Gasteiger partial charge is 0.170 e. The molecular weight excluding hydrogens is 245 g/mol. The van der Waals surface area contributed by atoms with E-state index in [4.69, 9.17) is 10.6 Å². The van der Waals surface area contributed by atoms with Gasteiger partial charge < -0.3 is 4.74 Å². The van der Waals surface area contributed by atoms with Crippen molar-refractivity contribution < 1.29 is 9.13 Å². The first-order valence-corrected chi connectivity index (χ1v) is 5.88. The summed E-state index contributed by atoms with van der Waals surface area (Å²) in [4.78, 5) is 4.06. The van der Waals surface area contributed by atoms with E-state index in [1.807, 2.05) is 13.0 Å². The van der Waals surface area contributed by atoms with Gasteiger partial charge in [0.2, 0.25) is 0 Å². The zero-order valence-electron chi connectivity index (χ0n) is 10.9. The lowest BCUT2D eigenvalue weighted by Gasteiger charge is -2.19. The van der Waals surface area contributed by atoms with Crippen LogP contribution in [-0.2, 0) is 0 Å². The van der Waals surface area contributed by atoms with Crippen LogP contribution in [0.5, 0.6) is 5.75 Å². The summed E-state index contributed by atoms with van der Waals surface area (Å²) >= 11 is 0. The van der Waals surface area contributed by atoms with Gasteiger partial charge in [-0.05, 0) is 30.2 Å². The molecule has 0 aliphatic carbocycles. The maximum absolute atomic E-state index is 14.3. The number of aromatic nitrogens is 1.